The second-order valence-electron chi connectivity index (χ2n) is 6.53. The van der Waals surface area contributed by atoms with Gasteiger partial charge in [0, 0.05) is 19.0 Å². The number of carbonyl (C=O) groups excluding carboxylic acids is 1. The van der Waals surface area contributed by atoms with Crippen LogP contribution < -0.4 is 10.5 Å². The minimum Gasteiger partial charge on any atom is -0.491 e. The van der Waals surface area contributed by atoms with Crippen LogP contribution in [0.25, 0.3) is 0 Å². The third-order valence-corrected chi connectivity index (χ3v) is 4.79. The molecule has 0 aromatic heterocycles. The lowest BCUT2D eigenvalue weighted by atomic mass is 9.89. The summed E-state index contributed by atoms with van der Waals surface area (Å²) in [6.07, 6.45) is 0. The summed E-state index contributed by atoms with van der Waals surface area (Å²) in [6.45, 7) is 2.87. The molecule has 0 aliphatic carbocycles. The van der Waals surface area contributed by atoms with Gasteiger partial charge < -0.3 is 20.1 Å². The SMILES string of the molecule is Cl.NC[C@@H]1CN(C(=O)COCCOc2ccccc2)C[C@H]1c1ccccc1. The molecule has 2 aromatic rings. The Morgan fingerprint density at radius 1 is 1.00 bits per heavy atom. The van der Waals surface area contributed by atoms with Crippen LogP contribution in [-0.4, -0.2) is 50.3 Å². The van der Waals surface area contributed by atoms with Crippen molar-refractivity contribution in [2.75, 3.05) is 39.5 Å². The van der Waals surface area contributed by atoms with Crippen LogP contribution in [0.5, 0.6) is 5.75 Å². The standard InChI is InChI=1S/C21H26N2O3.ClH/c22-13-18-14-23(15-20(18)17-7-3-1-4-8-17)21(24)16-25-11-12-26-19-9-5-2-6-10-19;/h1-10,18,20H,11-16,22H2;1H/t18-,20+;/m1./s1. The first kappa shape index (κ1) is 21.2. The van der Waals surface area contributed by atoms with E-state index in [2.05, 4.69) is 12.1 Å². The lowest BCUT2D eigenvalue weighted by Crippen LogP contribution is -2.33. The first-order chi connectivity index (χ1) is 12.8. The first-order valence-electron chi connectivity index (χ1n) is 9.06. The van der Waals surface area contributed by atoms with Crippen molar-refractivity contribution in [2.24, 2.45) is 11.7 Å². The number of hydrogen-bond acceptors (Lipinski definition) is 4. The van der Waals surface area contributed by atoms with Gasteiger partial charge in [-0.05, 0) is 30.2 Å². The molecule has 1 heterocycles. The number of likely N-dealkylation sites (tertiary alicyclic amines) is 1. The van der Waals surface area contributed by atoms with Crippen molar-refractivity contribution in [3.63, 3.8) is 0 Å². The fourth-order valence-corrected chi connectivity index (χ4v) is 3.38. The zero-order valence-electron chi connectivity index (χ0n) is 15.3. The number of nitrogens with zero attached hydrogens (tertiary/aromatic N) is 1. The van der Waals surface area contributed by atoms with Crippen LogP contribution in [0.15, 0.2) is 60.7 Å². The van der Waals surface area contributed by atoms with Crippen molar-refractivity contribution in [1.29, 1.82) is 0 Å². The van der Waals surface area contributed by atoms with Gasteiger partial charge in [-0.1, -0.05) is 48.5 Å². The molecule has 2 N–H and O–H groups in total. The lowest BCUT2D eigenvalue weighted by molar-refractivity contribution is -0.135. The molecule has 1 amide bonds. The van der Waals surface area contributed by atoms with Gasteiger partial charge in [-0.3, -0.25) is 4.79 Å². The van der Waals surface area contributed by atoms with Crippen LogP contribution in [0, 0.1) is 5.92 Å². The van der Waals surface area contributed by atoms with Crippen LogP contribution in [0.4, 0.5) is 0 Å². The number of nitrogens with two attached hydrogens (primary N) is 1. The zero-order valence-corrected chi connectivity index (χ0v) is 16.1. The van der Waals surface area contributed by atoms with Crippen LogP contribution in [0.1, 0.15) is 11.5 Å². The smallest absolute Gasteiger partial charge is 0.248 e. The molecular weight excluding hydrogens is 364 g/mol. The van der Waals surface area contributed by atoms with E-state index >= 15 is 0 Å². The summed E-state index contributed by atoms with van der Waals surface area (Å²) < 4.78 is 11.0. The lowest BCUT2D eigenvalue weighted by Gasteiger charge is -2.17. The van der Waals surface area contributed by atoms with Gasteiger partial charge in [-0.2, -0.15) is 0 Å². The summed E-state index contributed by atoms with van der Waals surface area (Å²) in [5.41, 5.74) is 7.18. The molecule has 2 aromatic carbocycles. The molecule has 0 saturated carbocycles. The molecule has 1 fully saturated rings. The maximum atomic E-state index is 12.4. The van der Waals surface area contributed by atoms with Gasteiger partial charge in [0.15, 0.2) is 0 Å². The molecule has 5 nitrogen and oxygen atoms in total. The number of benzene rings is 2. The molecular formula is C21H27ClN2O3. The molecule has 146 valence electrons. The predicted octanol–water partition coefficient (Wildman–Crippen LogP) is 2.70. The van der Waals surface area contributed by atoms with E-state index in [1.807, 2.05) is 53.4 Å². The van der Waals surface area contributed by atoms with Gasteiger partial charge in [0.2, 0.25) is 5.91 Å². The highest BCUT2D eigenvalue weighted by Gasteiger charge is 2.35. The van der Waals surface area contributed by atoms with E-state index in [1.165, 1.54) is 5.56 Å². The molecule has 6 heteroatoms. The Kier molecular flexibility index (Phi) is 8.58. The van der Waals surface area contributed by atoms with E-state index in [-0.39, 0.29) is 24.9 Å². The van der Waals surface area contributed by atoms with Gasteiger partial charge in [0.05, 0.1) is 6.61 Å². The highest BCUT2D eigenvalue weighted by molar-refractivity contribution is 5.85. The van der Waals surface area contributed by atoms with Crippen molar-refractivity contribution in [3.05, 3.63) is 66.2 Å². The molecule has 3 rings (SSSR count). The summed E-state index contributed by atoms with van der Waals surface area (Å²) in [4.78, 5) is 14.3. The third kappa shape index (κ3) is 5.96. The average Bonchev–Trinajstić information content (AvgIpc) is 3.14. The molecule has 2 atom stereocenters. The van der Waals surface area contributed by atoms with E-state index in [0.717, 1.165) is 5.75 Å². The molecule has 0 unspecified atom stereocenters. The second-order valence-corrected chi connectivity index (χ2v) is 6.53. The van der Waals surface area contributed by atoms with Crippen molar-refractivity contribution in [2.45, 2.75) is 5.92 Å². The summed E-state index contributed by atoms with van der Waals surface area (Å²) >= 11 is 0. The van der Waals surface area contributed by atoms with Gasteiger partial charge >= 0.3 is 0 Å². The highest BCUT2D eigenvalue weighted by atomic mass is 35.5. The Hall–Kier alpha value is -2.08. The minimum absolute atomic E-state index is 0. The second kappa shape index (κ2) is 10.9. The monoisotopic (exact) mass is 390 g/mol. The van der Waals surface area contributed by atoms with Gasteiger partial charge in [-0.25, -0.2) is 0 Å². The summed E-state index contributed by atoms with van der Waals surface area (Å²) in [5, 5.41) is 0. The highest BCUT2D eigenvalue weighted by Crippen LogP contribution is 2.31. The zero-order chi connectivity index (χ0) is 18.2. The van der Waals surface area contributed by atoms with E-state index < -0.39 is 0 Å². The number of hydrogen-bond donors (Lipinski definition) is 1. The van der Waals surface area contributed by atoms with E-state index in [1.54, 1.807) is 0 Å². The van der Waals surface area contributed by atoms with E-state index in [4.69, 9.17) is 15.2 Å². The van der Waals surface area contributed by atoms with Crippen LogP contribution in [-0.2, 0) is 9.53 Å². The number of halogens is 1. The Labute approximate surface area is 166 Å². The fraction of sp³-hybridized carbons (Fsp3) is 0.381. The van der Waals surface area contributed by atoms with Crippen molar-refractivity contribution in [3.8, 4) is 5.75 Å². The average molecular weight is 391 g/mol. The van der Waals surface area contributed by atoms with Crippen molar-refractivity contribution in [1.82, 2.24) is 4.90 Å². The van der Waals surface area contributed by atoms with E-state index in [0.29, 0.717) is 44.7 Å². The molecule has 1 saturated heterocycles. The largest absolute Gasteiger partial charge is 0.491 e. The Bertz CT molecular complexity index is 684. The molecule has 27 heavy (non-hydrogen) atoms. The Morgan fingerprint density at radius 3 is 2.33 bits per heavy atom. The normalized spacial score (nSPS) is 18.8. The first-order valence-corrected chi connectivity index (χ1v) is 9.06. The number of amides is 1. The third-order valence-electron chi connectivity index (χ3n) is 4.79. The van der Waals surface area contributed by atoms with Crippen LogP contribution >= 0.6 is 12.4 Å². The maximum absolute atomic E-state index is 12.4. The Balaban J connectivity index is 0.00000261. The van der Waals surface area contributed by atoms with E-state index in [9.17, 15) is 4.79 Å². The van der Waals surface area contributed by atoms with Crippen LogP contribution in [0.3, 0.4) is 0 Å². The number of ether oxygens (including phenoxy) is 2. The molecule has 0 radical (unpaired) electrons. The quantitative estimate of drug-likeness (QED) is 0.704. The minimum atomic E-state index is 0. The fourth-order valence-electron chi connectivity index (χ4n) is 3.38. The van der Waals surface area contributed by atoms with Gasteiger partial charge in [-0.15, -0.1) is 12.4 Å². The predicted molar refractivity (Wildman–Crippen MR) is 108 cm³/mol. The summed E-state index contributed by atoms with van der Waals surface area (Å²) in [5.74, 6) is 1.41. The summed E-state index contributed by atoms with van der Waals surface area (Å²) in [7, 11) is 0. The number of para-hydroxylation sites is 1. The maximum Gasteiger partial charge on any atom is 0.248 e. The number of carbonyl (C=O) groups is 1. The molecule has 1 aliphatic rings. The molecule has 0 bridgehead atoms. The summed E-state index contributed by atoms with van der Waals surface area (Å²) in [6, 6.07) is 19.9. The van der Waals surface area contributed by atoms with Crippen molar-refractivity contribution < 1.29 is 14.3 Å². The Morgan fingerprint density at radius 2 is 1.67 bits per heavy atom. The van der Waals surface area contributed by atoms with Crippen molar-refractivity contribution >= 4 is 18.3 Å². The molecule has 0 spiro atoms. The van der Waals surface area contributed by atoms with Crippen LogP contribution in [0.2, 0.25) is 0 Å². The van der Waals surface area contributed by atoms with Gasteiger partial charge in [0.1, 0.15) is 19.0 Å². The molecule has 1 aliphatic heterocycles. The number of rotatable bonds is 8. The topological polar surface area (TPSA) is 64.8 Å². The van der Waals surface area contributed by atoms with Gasteiger partial charge in [0.25, 0.3) is 0 Å².